The predicted molar refractivity (Wildman–Crippen MR) is 72.0 cm³/mol. The Morgan fingerprint density at radius 3 is 1.89 bits per heavy atom. The predicted octanol–water partition coefficient (Wildman–Crippen LogP) is 4.04. The average molecular weight is 262 g/mol. The molecule has 0 aliphatic carbocycles. The van der Waals surface area contributed by atoms with Crippen LogP contribution in [0.15, 0.2) is 0 Å². The molecule has 110 valence electrons. The quantitative estimate of drug-likeness (QED) is 0.376. The second-order valence-electron chi connectivity index (χ2n) is 6.62. The van der Waals surface area contributed by atoms with Crippen LogP contribution in [0.25, 0.3) is 0 Å². The summed E-state index contributed by atoms with van der Waals surface area (Å²) in [5.74, 6) is 0. The largest absolute Gasteiger partial charge is 0.236 e. The van der Waals surface area contributed by atoms with Crippen LogP contribution in [0, 0.1) is 0 Å². The molecule has 0 radical (unpaired) electrons. The van der Waals surface area contributed by atoms with Gasteiger partial charge in [0.1, 0.15) is 0 Å². The molecule has 0 spiro atoms. The number of hydrogen-bond donors (Lipinski definition) is 0. The Labute approximate surface area is 112 Å². The molecule has 0 aromatic carbocycles. The minimum absolute atomic E-state index is 0.104. The zero-order valence-corrected chi connectivity index (χ0v) is 13.0. The van der Waals surface area contributed by atoms with E-state index in [1.54, 1.807) is 0 Å². The Hall–Kier alpha value is -0.160. The first-order valence-electron chi connectivity index (χ1n) is 6.75. The minimum atomic E-state index is -0.252. The van der Waals surface area contributed by atoms with Gasteiger partial charge in [-0.3, -0.25) is 0 Å². The summed E-state index contributed by atoms with van der Waals surface area (Å²) in [6.07, 6.45) is 3.05. The summed E-state index contributed by atoms with van der Waals surface area (Å²) in [4.78, 5) is 20.8. The maximum absolute atomic E-state index is 5.30. The molecule has 0 aliphatic heterocycles. The molecule has 0 aromatic heterocycles. The van der Waals surface area contributed by atoms with Gasteiger partial charge in [0.15, 0.2) is 0 Å². The topological polar surface area (TPSA) is 36.9 Å². The van der Waals surface area contributed by atoms with Crippen molar-refractivity contribution in [2.24, 2.45) is 0 Å². The van der Waals surface area contributed by atoms with E-state index in [-0.39, 0.29) is 17.3 Å². The molecule has 4 heteroatoms. The molecular formula is C14H30O4. The molecule has 0 saturated heterocycles. The molecule has 0 bridgehead atoms. The average Bonchev–Trinajstić information content (AvgIpc) is 2.17. The monoisotopic (exact) mass is 262 g/mol. The fourth-order valence-electron chi connectivity index (χ4n) is 1.09. The standard InChI is InChI=1S/C14H30O4/c1-12(16-18-14(5,6)7)10-8-9-11-15-17-13(2,3)4/h12H,8-11H2,1-7H3. The van der Waals surface area contributed by atoms with E-state index in [1.807, 2.05) is 48.5 Å². The third-order valence-electron chi connectivity index (χ3n) is 1.86. The smallest absolute Gasteiger partial charge is 0.0952 e. The first kappa shape index (κ1) is 17.8. The zero-order valence-electron chi connectivity index (χ0n) is 13.0. The maximum Gasteiger partial charge on any atom is 0.0952 e. The number of rotatable bonds is 8. The van der Waals surface area contributed by atoms with E-state index in [0.29, 0.717) is 6.61 Å². The molecule has 4 nitrogen and oxygen atoms in total. The lowest BCUT2D eigenvalue weighted by atomic mass is 10.2. The van der Waals surface area contributed by atoms with Crippen molar-refractivity contribution in [3.63, 3.8) is 0 Å². The van der Waals surface area contributed by atoms with Crippen molar-refractivity contribution in [3.05, 3.63) is 0 Å². The SMILES string of the molecule is CC(CCCCOOC(C)(C)C)OOC(C)(C)C. The third kappa shape index (κ3) is 13.9. The lowest BCUT2D eigenvalue weighted by Crippen LogP contribution is -2.23. The van der Waals surface area contributed by atoms with Crippen LogP contribution in [0.1, 0.15) is 67.7 Å². The van der Waals surface area contributed by atoms with Crippen molar-refractivity contribution in [3.8, 4) is 0 Å². The van der Waals surface area contributed by atoms with Gasteiger partial charge < -0.3 is 0 Å². The lowest BCUT2D eigenvalue weighted by Gasteiger charge is -2.21. The molecule has 0 aromatic rings. The molecule has 18 heavy (non-hydrogen) atoms. The lowest BCUT2D eigenvalue weighted by molar-refractivity contribution is -0.371. The highest BCUT2D eigenvalue weighted by atomic mass is 17.2. The van der Waals surface area contributed by atoms with E-state index in [1.165, 1.54) is 0 Å². The second-order valence-corrected chi connectivity index (χ2v) is 6.62. The van der Waals surface area contributed by atoms with E-state index >= 15 is 0 Å². The van der Waals surface area contributed by atoms with E-state index < -0.39 is 0 Å². The summed E-state index contributed by atoms with van der Waals surface area (Å²) in [5.41, 5.74) is -0.491. The molecule has 1 unspecified atom stereocenters. The highest BCUT2D eigenvalue weighted by Gasteiger charge is 2.14. The molecule has 0 fully saturated rings. The number of hydrogen-bond acceptors (Lipinski definition) is 4. The summed E-state index contributed by atoms with van der Waals surface area (Å²) < 4.78 is 0. The minimum Gasteiger partial charge on any atom is -0.236 e. The summed E-state index contributed by atoms with van der Waals surface area (Å²) in [6.45, 7) is 14.4. The van der Waals surface area contributed by atoms with E-state index in [9.17, 15) is 0 Å². The summed E-state index contributed by atoms with van der Waals surface area (Å²) >= 11 is 0. The molecule has 0 rings (SSSR count). The fraction of sp³-hybridized carbons (Fsp3) is 1.00. The van der Waals surface area contributed by atoms with Crippen LogP contribution in [0.4, 0.5) is 0 Å². The van der Waals surface area contributed by atoms with E-state index in [2.05, 4.69) is 0 Å². The van der Waals surface area contributed by atoms with Crippen molar-refractivity contribution in [1.82, 2.24) is 0 Å². The van der Waals surface area contributed by atoms with Gasteiger partial charge in [-0.05, 0) is 67.7 Å². The van der Waals surface area contributed by atoms with Gasteiger partial charge in [-0.25, -0.2) is 19.6 Å². The Morgan fingerprint density at radius 1 is 0.833 bits per heavy atom. The molecule has 0 saturated carbocycles. The van der Waals surface area contributed by atoms with Crippen LogP contribution in [0.5, 0.6) is 0 Å². The summed E-state index contributed by atoms with van der Waals surface area (Å²) in [7, 11) is 0. The van der Waals surface area contributed by atoms with Gasteiger partial charge in [-0.2, -0.15) is 0 Å². The Bertz CT molecular complexity index is 203. The van der Waals surface area contributed by atoms with Crippen LogP contribution >= 0.6 is 0 Å². The van der Waals surface area contributed by atoms with E-state index in [4.69, 9.17) is 19.6 Å². The molecule has 0 N–H and O–H groups in total. The van der Waals surface area contributed by atoms with E-state index in [0.717, 1.165) is 19.3 Å². The van der Waals surface area contributed by atoms with Gasteiger partial charge in [0.2, 0.25) is 0 Å². The zero-order chi connectivity index (χ0) is 14.2. The highest BCUT2D eigenvalue weighted by Crippen LogP contribution is 2.12. The first-order chi connectivity index (χ1) is 8.10. The molecule has 0 amide bonds. The van der Waals surface area contributed by atoms with Gasteiger partial charge in [0, 0.05) is 0 Å². The van der Waals surface area contributed by atoms with Crippen molar-refractivity contribution in [1.29, 1.82) is 0 Å². The first-order valence-corrected chi connectivity index (χ1v) is 6.75. The summed E-state index contributed by atoms with van der Waals surface area (Å²) in [6, 6.07) is 0. The normalized spacial score (nSPS) is 14.8. The van der Waals surface area contributed by atoms with Crippen molar-refractivity contribution < 1.29 is 19.6 Å². The van der Waals surface area contributed by atoms with Gasteiger partial charge in [-0.15, -0.1) is 0 Å². The highest BCUT2D eigenvalue weighted by molar-refractivity contribution is 4.56. The molecule has 0 aliphatic rings. The Kier molecular flexibility index (Phi) is 8.03. The molecule has 0 heterocycles. The molecular weight excluding hydrogens is 232 g/mol. The molecule has 1 atom stereocenters. The third-order valence-corrected chi connectivity index (χ3v) is 1.86. The number of unbranched alkanes of at least 4 members (excludes halogenated alkanes) is 1. The van der Waals surface area contributed by atoms with Gasteiger partial charge >= 0.3 is 0 Å². The van der Waals surface area contributed by atoms with Crippen molar-refractivity contribution in [2.45, 2.75) is 85.0 Å². The van der Waals surface area contributed by atoms with Crippen molar-refractivity contribution >= 4 is 0 Å². The van der Waals surface area contributed by atoms with Crippen LogP contribution in [-0.4, -0.2) is 23.9 Å². The van der Waals surface area contributed by atoms with Gasteiger partial charge in [0.05, 0.1) is 23.9 Å². The maximum atomic E-state index is 5.30. The van der Waals surface area contributed by atoms with Gasteiger partial charge in [0.25, 0.3) is 0 Å². The van der Waals surface area contributed by atoms with Crippen LogP contribution < -0.4 is 0 Å². The van der Waals surface area contributed by atoms with Gasteiger partial charge in [-0.1, -0.05) is 0 Å². The summed E-state index contributed by atoms with van der Waals surface area (Å²) in [5, 5.41) is 0. The Balaban J connectivity index is 3.38. The van der Waals surface area contributed by atoms with Crippen LogP contribution in [0.3, 0.4) is 0 Å². The van der Waals surface area contributed by atoms with Crippen LogP contribution in [0.2, 0.25) is 0 Å². The fourth-order valence-corrected chi connectivity index (χ4v) is 1.09. The van der Waals surface area contributed by atoms with Crippen LogP contribution in [-0.2, 0) is 19.6 Å². The van der Waals surface area contributed by atoms with Crippen molar-refractivity contribution in [2.75, 3.05) is 6.61 Å². The Morgan fingerprint density at radius 2 is 1.39 bits per heavy atom. The second kappa shape index (κ2) is 8.10.